The third kappa shape index (κ3) is 1.66. The lowest BCUT2D eigenvalue weighted by molar-refractivity contribution is 0.555. The van der Waals surface area contributed by atoms with Crippen molar-refractivity contribution < 1.29 is 4.42 Å². The minimum Gasteiger partial charge on any atom is -0.408 e. The van der Waals surface area contributed by atoms with Crippen molar-refractivity contribution in [1.29, 1.82) is 5.26 Å². The predicted octanol–water partition coefficient (Wildman–Crippen LogP) is 2.31. The number of benzene rings is 1. The van der Waals surface area contributed by atoms with Crippen molar-refractivity contribution >= 4 is 11.1 Å². The van der Waals surface area contributed by atoms with Gasteiger partial charge in [0.25, 0.3) is 0 Å². The molecule has 3 rings (SSSR count). The Morgan fingerprint density at radius 2 is 2.16 bits per heavy atom. The van der Waals surface area contributed by atoms with Crippen molar-refractivity contribution in [2.24, 2.45) is 7.05 Å². The van der Waals surface area contributed by atoms with Gasteiger partial charge in [0.2, 0.25) is 0 Å². The summed E-state index contributed by atoms with van der Waals surface area (Å²) >= 11 is 0. The molecule has 94 valence electrons. The SMILES string of the molecule is Cc1c(C#N)cc(-c2ccc3[nH]c(=O)oc3c2)n1C. The molecular weight excluding hydrogens is 242 g/mol. The largest absolute Gasteiger partial charge is 0.417 e. The fourth-order valence-electron chi connectivity index (χ4n) is 2.19. The second-order valence-corrected chi connectivity index (χ2v) is 4.42. The van der Waals surface area contributed by atoms with Crippen LogP contribution >= 0.6 is 0 Å². The molecule has 0 atom stereocenters. The number of nitriles is 1. The van der Waals surface area contributed by atoms with Gasteiger partial charge in [-0.3, -0.25) is 4.98 Å². The molecule has 0 spiro atoms. The van der Waals surface area contributed by atoms with Crippen molar-refractivity contribution in [3.8, 4) is 17.3 Å². The number of oxazole rings is 1. The van der Waals surface area contributed by atoms with Crippen LogP contribution in [0.4, 0.5) is 0 Å². The van der Waals surface area contributed by atoms with Crippen molar-refractivity contribution in [3.63, 3.8) is 0 Å². The number of rotatable bonds is 1. The fourth-order valence-corrected chi connectivity index (χ4v) is 2.19. The normalized spacial score (nSPS) is 10.8. The molecular formula is C14H11N3O2. The van der Waals surface area contributed by atoms with Crippen LogP contribution in [-0.4, -0.2) is 9.55 Å². The summed E-state index contributed by atoms with van der Waals surface area (Å²) in [5.41, 5.74) is 4.56. The highest BCUT2D eigenvalue weighted by atomic mass is 16.4. The molecule has 0 fully saturated rings. The van der Waals surface area contributed by atoms with Crippen LogP contribution in [0.1, 0.15) is 11.3 Å². The molecule has 5 heteroatoms. The Labute approximate surface area is 108 Å². The van der Waals surface area contributed by atoms with E-state index in [1.807, 2.05) is 30.7 Å². The first-order chi connectivity index (χ1) is 9.10. The van der Waals surface area contributed by atoms with Crippen molar-refractivity contribution in [2.75, 3.05) is 0 Å². The molecule has 0 amide bonds. The summed E-state index contributed by atoms with van der Waals surface area (Å²) in [7, 11) is 1.91. The molecule has 0 aliphatic heterocycles. The summed E-state index contributed by atoms with van der Waals surface area (Å²) in [6.45, 7) is 1.90. The number of aromatic amines is 1. The number of fused-ring (bicyclic) bond motifs is 1. The zero-order valence-electron chi connectivity index (χ0n) is 10.5. The van der Waals surface area contributed by atoms with Gasteiger partial charge < -0.3 is 8.98 Å². The van der Waals surface area contributed by atoms with Crippen LogP contribution in [0.2, 0.25) is 0 Å². The van der Waals surface area contributed by atoms with Crippen molar-refractivity contribution in [3.05, 3.63) is 46.1 Å². The third-order valence-electron chi connectivity index (χ3n) is 3.37. The third-order valence-corrected chi connectivity index (χ3v) is 3.37. The summed E-state index contributed by atoms with van der Waals surface area (Å²) in [6.07, 6.45) is 0. The van der Waals surface area contributed by atoms with Crippen LogP contribution in [0.15, 0.2) is 33.5 Å². The number of nitrogens with one attached hydrogen (secondary N) is 1. The van der Waals surface area contributed by atoms with Gasteiger partial charge in [0.1, 0.15) is 6.07 Å². The molecule has 5 nitrogen and oxygen atoms in total. The number of hydrogen-bond acceptors (Lipinski definition) is 3. The van der Waals surface area contributed by atoms with Crippen LogP contribution in [0.5, 0.6) is 0 Å². The number of nitrogens with zero attached hydrogens (tertiary/aromatic N) is 2. The minimum absolute atomic E-state index is 0.465. The van der Waals surface area contributed by atoms with Crippen molar-refractivity contribution in [1.82, 2.24) is 9.55 Å². The highest BCUT2D eigenvalue weighted by Gasteiger charge is 2.11. The number of hydrogen-bond donors (Lipinski definition) is 1. The van der Waals surface area contributed by atoms with Gasteiger partial charge in [-0.1, -0.05) is 6.07 Å². The topological polar surface area (TPSA) is 74.7 Å². The highest BCUT2D eigenvalue weighted by molar-refractivity contribution is 5.79. The van der Waals surface area contributed by atoms with Gasteiger partial charge in [0.15, 0.2) is 5.58 Å². The quantitative estimate of drug-likeness (QED) is 0.723. The van der Waals surface area contributed by atoms with E-state index < -0.39 is 5.76 Å². The Kier molecular flexibility index (Phi) is 2.32. The summed E-state index contributed by atoms with van der Waals surface area (Å²) < 4.78 is 7.00. The van der Waals surface area contributed by atoms with Gasteiger partial charge in [-0.05, 0) is 25.1 Å². The lowest BCUT2D eigenvalue weighted by atomic mass is 10.1. The van der Waals surface area contributed by atoms with Crippen LogP contribution in [0.25, 0.3) is 22.4 Å². The fraction of sp³-hybridized carbons (Fsp3) is 0.143. The van der Waals surface area contributed by atoms with E-state index in [9.17, 15) is 4.79 Å². The van der Waals surface area contributed by atoms with Gasteiger partial charge in [0, 0.05) is 24.0 Å². The summed E-state index contributed by atoms with van der Waals surface area (Å²) in [6, 6.07) is 9.48. The first-order valence-corrected chi connectivity index (χ1v) is 5.80. The van der Waals surface area contributed by atoms with E-state index in [1.165, 1.54) is 0 Å². The molecule has 0 radical (unpaired) electrons. The van der Waals surface area contributed by atoms with E-state index in [1.54, 1.807) is 12.1 Å². The molecule has 0 saturated heterocycles. The molecule has 0 aliphatic carbocycles. The highest BCUT2D eigenvalue weighted by Crippen LogP contribution is 2.26. The Hall–Kier alpha value is -2.74. The monoisotopic (exact) mass is 253 g/mol. The summed E-state index contributed by atoms with van der Waals surface area (Å²) in [5, 5.41) is 9.05. The predicted molar refractivity (Wildman–Crippen MR) is 70.7 cm³/mol. The zero-order chi connectivity index (χ0) is 13.6. The average Bonchev–Trinajstić information content (AvgIpc) is 2.90. The van der Waals surface area contributed by atoms with Crippen LogP contribution in [0, 0.1) is 18.3 Å². The smallest absolute Gasteiger partial charge is 0.408 e. The maximum Gasteiger partial charge on any atom is 0.417 e. The molecule has 2 heterocycles. The van der Waals surface area contributed by atoms with Crippen LogP contribution in [0.3, 0.4) is 0 Å². The number of aromatic nitrogens is 2. The van der Waals surface area contributed by atoms with Crippen LogP contribution in [-0.2, 0) is 7.05 Å². The Bertz CT molecular complexity index is 874. The molecule has 3 aromatic rings. The minimum atomic E-state index is -0.465. The second-order valence-electron chi connectivity index (χ2n) is 4.42. The second kappa shape index (κ2) is 3.89. The van der Waals surface area contributed by atoms with E-state index in [2.05, 4.69) is 11.1 Å². The average molecular weight is 253 g/mol. The van der Waals surface area contributed by atoms with E-state index in [-0.39, 0.29) is 0 Å². The van der Waals surface area contributed by atoms with Gasteiger partial charge >= 0.3 is 5.76 Å². The van der Waals surface area contributed by atoms with Gasteiger partial charge in [-0.2, -0.15) is 5.26 Å². The lowest BCUT2D eigenvalue weighted by Crippen LogP contribution is -1.94. The van der Waals surface area contributed by atoms with E-state index in [0.717, 1.165) is 17.0 Å². The zero-order valence-corrected chi connectivity index (χ0v) is 10.5. The van der Waals surface area contributed by atoms with E-state index in [4.69, 9.17) is 9.68 Å². The van der Waals surface area contributed by atoms with Gasteiger partial charge in [-0.25, -0.2) is 4.79 Å². The lowest BCUT2D eigenvalue weighted by Gasteiger charge is -2.04. The van der Waals surface area contributed by atoms with E-state index in [0.29, 0.717) is 16.7 Å². The summed E-state index contributed by atoms with van der Waals surface area (Å²) in [5.74, 6) is -0.465. The maximum atomic E-state index is 11.1. The Morgan fingerprint density at radius 1 is 1.37 bits per heavy atom. The summed E-state index contributed by atoms with van der Waals surface area (Å²) in [4.78, 5) is 13.7. The first kappa shape index (κ1) is 11.4. The molecule has 0 unspecified atom stereocenters. The van der Waals surface area contributed by atoms with E-state index >= 15 is 0 Å². The molecule has 0 saturated carbocycles. The molecule has 2 aromatic heterocycles. The van der Waals surface area contributed by atoms with Crippen LogP contribution < -0.4 is 5.76 Å². The maximum absolute atomic E-state index is 11.1. The molecule has 1 N–H and O–H groups in total. The first-order valence-electron chi connectivity index (χ1n) is 5.80. The molecule has 0 bridgehead atoms. The Balaban J connectivity index is 2.24. The standard InChI is InChI=1S/C14H11N3O2/c1-8-10(7-15)5-12(17(8)2)9-3-4-11-13(6-9)19-14(18)16-11/h3-6H,1-2H3,(H,16,18). The van der Waals surface area contributed by atoms with Gasteiger partial charge in [-0.15, -0.1) is 0 Å². The molecule has 0 aliphatic rings. The molecule has 19 heavy (non-hydrogen) atoms. The number of H-pyrrole nitrogens is 1. The van der Waals surface area contributed by atoms with Crippen molar-refractivity contribution in [2.45, 2.75) is 6.92 Å². The van der Waals surface area contributed by atoms with Gasteiger partial charge in [0.05, 0.1) is 11.1 Å². The Morgan fingerprint density at radius 3 is 2.84 bits per heavy atom. The molecule has 1 aromatic carbocycles.